The highest BCUT2D eigenvalue weighted by molar-refractivity contribution is 8.00. The minimum Gasteiger partial charge on any atom is -0.481 e. The summed E-state index contributed by atoms with van der Waals surface area (Å²) in [6, 6.07) is -0.680. The fourth-order valence-electron chi connectivity index (χ4n) is 3.38. The second kappa shape index (κ2) is 6.38. The van der Waals surface area contributed by atoms with E-state index >= 15 is 0 Å². The predicted molar refractivity (Wildman–Crippen MR) is 81.4 cm³/mol. The van der Waals surface area contributed by atoms with E-state index in [1.807, 2.05) is 0 Å². The van der Waals surface area contributed by atoms with Gasteiger partial charge < -0.3 is 10.4 Å². The van der Waals surface area contributed by atoms with Crippen molar-refractivity contribution in [3.8, 4) is 0 Å². The highest BCUT2D eigenvalue weighted by Crippen LogP contribution is 2.38. The monoisotopic (exact) mass is 341 g/mol. The topological polar surface area (TPSA) is 107 Å². The first-order valence-electron chi connectivity index (χ1n) is 7.78. The molecule has 0 aromatic rings. The van der Waals surface area contributed by atoms with Crippen LogP contribution in [0.5, 0.6) is 0 Å². The van der Waals surface area contributed by atoms with Crippen molar-refractivity contribution in [2.45, 2.75) is 55.9 Å². The molecule has 0 radical (unpaired) electrons. The molecular formula is C14H19N3O5S. The Kier molecular flexibility index (Phi) is 4.47. The number of urea groups is 1. The number of unbranched alkanes of at least 4 members (excludes halogenated alkanes) is 1. The molecule has 126 valence electrons. The Balaban J connectivity index is 1.61. The number of carbonyl (C=O) groups is 4. The maximum absolute atomic E-state index is 12.2. The number of amides is 4. The summed E-state index contributed by atoms with van der Waals surface area (Å²) in [5, 5.41) is 14.0. The normalized spacial score (nSPS) is 30.1. The third kappa shape index (κ3) is 3.01. The van der Waals surface area contributed by atoms with Crippen molar-refractivity contribution in [2.75, 3.05) is 5.75 Å². The van der Waals surface area contributed by atoms with Crippen molar-refractivity contribution in [1.82, 2.24) is 15.3 Å². The molecule has 2 N–H and O–H groups in total. The van der Waals surface area contributed by atoms with Crippen molar-refractivity contribution in [3.63, 3.8) is 0 Å². The first-order chi connectivity index (χ1) is 11.0. The maximum atomic E-state index is 12.2. The van der Waals surface area contributed by atoms with Crippen LogP contribution in [0.3, 0.4) is 0 Å². The zero-order valence-electron chi connectivity index (χ0n) is 12.6. The van der Waals surface area contributed by atoms with Gasteiger partial charge in [-0.05, 0) is 12.8 Å². The van der Waals surface area contributed by atoms with E-state index < -0.39 is 5.97 Å². The lowest BCUT2D eigenvalue weighted by molar-refractivity contribution is -0.153. The second-order valence-electron chi connectivity index (χ2n) is 6.00. The lowest BCUT2D eigenvalue weighted by Crippen LogP contribution is -2.52. The van der Waals surface area contributed by atoms with Crippen LogP contribution in [-0.2, 0) is 14.4 Å². The van der Waals surface area contributed by atoms with Gasteiger partial charge in [-0.3, -0.25) is 14.4 Å². The van der Waals surface area contributed by atoms with Crippen LogP contribution < -0.4 is 5.32 Å². The zero-order chi connectivity index (χ0) is 16.6. The molecule has 0 aliphatic carbocycles. The molecule has 8 nitrogen and oxygen atoms in total. The van der Waals surface area contributed by atoms with Crippen molar-refractivity contribution in [2.24, 2.45) is 0 Å². The number of rotatable bonds is 6. The Morgan fingerprint density at radius 3 is 2.57 bits per heavy atom. The first kappa shape index (κ1) is 16.1. The lowest BCUT2D eigenvalue weighted by Gasteiger charge is -2.29. The molecule has 3 fully saturated rings. The molecule has 0 spiro atoms. The Morgan fingerprint density at radius 1 is 1.22 bits per heavy atom. The van der Waals surface area contributed by atoms with E-state index in [0.29, 0.717) is 12.2 Å². The SMILES string of the molecule is O=C(O)CCCC[C@@H]1SC[C@H]2[C@@H]1NC(=O)N2N1C(=O)CCC1=O. The van der Waals surface area contributed by atoms with Gasteiger partial charge in [0.05, 0.1) is 12.1 Å². The minimum atomic E-state index is -0.798. The number of carbonyl (C=O) groups excluding carboxylic acids is 3. The van der Waals surface area contributed by atoms with Crippen molar-refractivity contribution in [3.05, 3.63) is 0 Å². The summed E-state index contributed by atoms with van der Waals surface area (Å²) in [4.78, 5) is 46.5. The predicted octanol–water partition coefficient (Wildman–Crippen LogP) is 0.573. The molecule has 4 amide bonds. The molecule has 3 saturated heterocycles. The molecule has 9 heteroatoms. The summed E-state index contributed by atoms with van der Waals surface area (Å²) in [6.07, 6.45) is 2.68. The Bertz CT molecular complexity index is 539. The third-order valence-corrected chi connectivity index (χ3v) is 5.97. The van der Waals surface area contributed by atoms with Gasteiger partial charge in [-0.2, -0.15) is 16.8 Å². The van der Waals surface area contributed by atoms with Crippen LogP contribution in [0.25, 0.3) is 0 Å². The van der Waals surface area contributed by atoms with Gasteiger partial charge in [0, 0.05) is 30.3 Å². The van der Waals surface area contributed by atoms with Gasteiger partial charge in [0.25, 0.3) is 0 Å². The molecule has 3 aliphatic heterocycles. The van der Waals surface area contributed by atoms with Gasteiger partial charge in [-0.15, -0.1) is 0 Å². The second-order valence-corrected chi connectivity index (χ2v) is 7.27. The van der Waals surface area contributed by atoms with Gasteiger partial charge in [0.15, 0.2) is 0 Å². The fraction of sp³-hybridized carbons (Fsp3) is 0.714. The lowest BCUT2D eigenvalue weighted by atomic mass is 10.0. The Hall–Kier alpha value is -1.77. The van der Waals surface area contributed by atoms with Crippen LogP contribution in [0.1, 0.15) is 38.5 Å². The summed E-state index contributed by atoms with van der Waals surface area (Å²) in [5.41, 5.74) is 0. The number of aliphatic carboxylic acids is 1. The first-order valence-corrected chi connectivity index (χ1v) is 8.82. The van der Waals surface area contributed by atoms with Crippen LogP contribution >= 0.6 is 11.8 Å². The van der Waals surface area contributed by atoms with E-state index in [2.05, 4.69) is 5.32 Å². The van der Waals surface area contributed by atoms with E-state index in [9.17, 15) is 19.2 Å². The highest BCUT2D eigenvalue weighted by atomic mass is 32.2. The number of nitrogens with one attached hydrogen (secondary N) is 1. The van der Waals surface area contributed by atoms with E-state index in [0.717, 1.165) is 17.9 Å². The molecule has 0 aromatic carbocycles. The van der Waals surface area contributed by atoms with Crippen LogP contribution in [0.15, 0.2) is 0 Å². The third-order valence-electron chi connectivity index (χ3n) is 4.48. The molecule has 0 unspecified atom stereocenters. The van der Waals surface area contributed by atoms with Gasteiger partial charge >= 0.3 is 12.0 Å². The van der Waals surface area contributed by atoms with Crippen molar-refractivity contribution >= 4 is 35.6 Å². The quantitative estimate of drug-likeness (QED) is 0.416. The maximum Gasteiger partial charge on any atom is 0.337 e. The number of fused-ring (bicyclic) bond motifs is 1. The number of hydrogen-bond acceptors (Lipinski definition) is 5. The van der Waals surface area contributed by atoms with E-state index in [4.69, 9.17) is 5.11 Å². The summed E-state index contributed by atoms with van der Waals surface area (Å²) < 4.78 is 0. The average molecular weight is 341 g/mol. The number of nitrogens with zero attached hydrogens (tertiary/aromatic N) is 2. The van der Waals surface area contributed by atoms with Gasteiger partial charge in [-0.1, -0.05) is 6.42 Å². The largest absolute Gasteiger partial charge is 0.481 e. The molecule has 0 saturated carbocycles. The number of carboxylic acid groups (broad SMARTS) is 1. The number of carboxylic acids is 1. The molecule has 3 heterocycles. The standard InChI is InChI=1S/C14H19N3O5S/c18-10-5-6-11(19)17(10)16-8-7-23-9(13(8)15-14(16)22)3-1-2-4-12(20)21/h8-9,13H,1-7H2,(H,15,22)(H,20,21)/t8-,9-,13-/m0/s1. The minimum absolute atomic E-state index is 0.0986. The summed E-state index contributed by atoms with van der Waals surface area (Å²) >= 11 is 1.71. The van der Waals surface area contributed by atoms with E-state index in [-0.39, 0.29) is 54.4 Å². The fourth-order valence-corrected chi connectivity index (χ4v) is 4.96. The van der Waals surface area contributed by atoms with Gasteiger partial charge in [0.2, 0.25) is 11.8 Å². The molecule has 3 atom stereocenters. The molecular weight excluding hydrogens is 322 g/mol. The Morgan fingerprint density at radius 2 is 1.91 bits per heavy atom. The van der Waals surface area contributed by atoms with E-state index in [1.54, 1.807) is 11.8 Å². The molecule has 0 bridgehead atoms. The molecule has 23 heavy (non-hydrogen) atoms. The molecule has 3 aliphatic rings. The summed E-state index contributed by atoms with van der Waals surface area (Å²) in [5.74, 6) is -0.765. The van der Waals surface area contributed by atoms with Gasteiger partial charge in [0.1, 0.15) is 0 Å². The number of hydrogen-bond donors (Lipinski definition) is 2. The molecule has 0 aromatic heterocycles. The summed E-state index contributed by atoms with van der Waals surface area (Å²) in [6.45, 7) is 0. The Labute approximate surface area is 137 Å². The number of imide groups is 1. The molecule has 3 rings (SSSR count). The average Bonchev–Trinajstić information content (AvgIpc) is 3.11. The van der Waals surface area contributed by atoms with Crippen LogP contribution in [0.4, 0.5) is 4.79 Å². The van der Waals surface area contributed by atoms with Crippen LogP contribution in [0, 0.1) is 0 Å². The van der Waals surface area contributed by atoms with Gasteiger partial charge in [-0.25, -0.2) is 9.80 Å². The van der Waals surface area contributed by atoms with Crippen LogP contribution in [0.2, 0.25) is 0 Å². The van der Waals surface area contributed by atoms with Crippen LogP contribution in [-0.4, -0.2) is 62.0 Å². The van der Waals surface area contributed by atoms with E-state index in [1.165, 1.54) is 5.01 Å². The zero-order valence-corrected chi connectivity index (χ0v) is 13.4. The number of thioether (sulfide) groups is 1. The van der Waals surface area contributed by atoms with Crippen molar-refractivity contribution < 1.29 is 24.3 Å². The van der Waals surface area contributed by atoms with Crippen molar-refractivity contribution in [1.29, 1.82) is 0 Å². The highest BCUT2D eigenvalue weighted by Gasteiger charge is 2.53. The summed E-state index contributed by atoms with van der Waals surface area (Å²) in [7, 11) is 0. The smallest absolute Gasteiger partial charge is 0.337 e. The number of hydrazine groups is 1.